The predicted molar refractivity (Wildman–Crippen MR) is 80.1 cm³/mol. The van der Waals surface area contributed by atoms with Crippen LogP contribution >= 0.6 is 11.8 Å². The van der Waals surface area contributed by atoms with Crippen molar-refractivity contribution >= 4 is 34.0 Å². The molecule has 0 spiro atoms. The summed E-state index contributed by atoms with van der Waals surface area (Å²) in [6.45, 7) is 0. The van der Waals surface area contributed by atoms with Crippen LogP contribution < -0.4 is 11.1 Å². The Bertz CT molecular complexity index is 550. The lowest BCUT2D eigenvalue weighted by molar-refractivity contribution is 0.686. The second kappa shape index (κ2) is 5.06. The van der Waals surface area contributed by atoms with Crippen molar-refractivity contribution in [3.63, 3.8) is 0 Å². The van der Waals surface area contributed by atoms with Gasteiger partial charge in [-0.25, -0.2) is 0 Å². The van der Waals surface area contributed by atoms with E-state index in [0.29, 0.717) is 6.04 Å². The van der Waals surface area contributed by atoms with Crippen LogP contribution in [0.5, 0.6) is 0 Å². The molecule has 3 rings (SSSR count). The minimum atomic E-state index is 0.576. The zero-order valence-electron chi connectivity index (χ0n) is 10.2. The van der Waals surface area contributed by atoms with Gasteiger partial charge in [-0.1, -0.05) is 0 Å². The van der Waals surface area contributed by atoms with Gasteiger partial charge < -0.3 is 11.1 Å². The Hall–Kier alpha value is -1.42. The van der Waals surface area contributed by atoms with Crippen LogP contribution in [0.2, 0.25) is 0 Å². The Labute approximate surface area is 111 Å². The molecule has 1 aliphatic rings. The van der Waals surface area contributed by atoms with Crippen molar-refractivity contribution in [1.29, 1.82) is 0 Å². The summed E-state index contributed by atoms with van der Waals surface area (Å²) in [6.07, 6.45) is 4.41. The number of nitrogens with zero attached hydrogens (tertiary/aromatic N) is 1. The van der Waals surface area contributed by atoms with Crippen LogP contribution in [0.4, 0.5) is 11.4 Å². The number of hydrogen-bond donors (Lipinski definition) is 2. The predicted octanol–water partition coefficient (Wildman–Crippen LogP) is 3.12. The van der Waals surface area contributed by atoms with Gasteiger partial charge in [-0.15, -0.1) is 0 Å². The highest BCUT2D eigenvalue weighted by molar-refractivity contribution is 7.99. The van der Waals surface area contributed by atoms with Gasteiger partial charge in [0.15, 0.2) is 0 Å². The molecule has 1 atom stereocenters. The molecule has 1 aromatic carbocycles. The van der Waals surface area contributed by atoms with Gasteiger partial charge in [0.05, 0.1) is 5.52 Å². The second-order valence-corrected chi connectivity index (χ2v) is 5.84. The molecule has 0 radical (unpaired) electrons. The van der Waals surface area contributed by atoms with Gasteiger partial charge in [-0.05, 0) is 42.9 Å². The summed E-state index contributed by atoms with van der Waals surface area (Å²) >= 11 is 2.03. The molecule has 3 nitrogen and oxygen atoms in total. The third-order valence-electron chi connectivity index (χ3n) is 3.29. The lowest BCUT2D eigenvalue weighted by Gasteiger charge is -2.24. The number of benzene rings is 1. The highest BCUT2D eigenvalue weighted by atomic mass is 32.2. The third kappa shape index (κ3) is 2.38. The normalized spacial score (nSPS) is 19.9. The number of fused-ring (bicyclic) bond motifs is 1. The van der Waals surface area contributed by atoms with E-state index in [1.807, 2.05) is 30.1 Å². The Morgan fingerprint density at radius 1 is 1.33 bits per heavy atom. The molecule has 1 saturated heterocycles. The van der Waals surface area contributed by atoms with Gasteiger partial charge in [0.1, 0.15) is 0 Å². The van der Waals surface area contributed by atoms with Crippen LogP contribution in [0.1, 0.15) is 12.8 Å². The maximum Gasteiger partial charge on any atom is 0.0743 e. The van der Waals surface area contributed by atoms with E-state index in [0.717, 1.165) is 16.6 Å². The molecule has 94 valence electrons. The first kappa shape index (κ1) is 11.7. The number of anilines is 2. The van der Waals surface area contributed by atoms with Crippen LogP contribution in [0, 0.1) is 0 Å². The van der Waals surface area contributed by atoms with Gasteiger partial charge in [0, 0.05) is 34.8 Å². The highest BCUT2D eigenvalue weighted by Crippen LogP contribution is 2.26. The molecular weight excluding hydrogens is 242 g/mol. The molecule has 0 bridgehead atoms. The van der Waals surface area contributed by atoms with E-state index in [1.54, 1.807) is 0 Å². The summed E-state index contributed by atoms with van der Waals surface area (Å²) in [6, 6.07) is 8.54. The Morgan fingerprint density at radius 3 is 3.11 bits per heavy atom. The zero-order chi connectivity index (χ0) is 12.4. The fraction of sp³-hybridized carbons (Fsp3) is 0.357. The molecule has 2 heterocycles. The molecule has 1 fully saturated rings. The fourth-order valence-corrected chi connectivity index (χ4v) is 3.44. The number of rotatable bonds is 2. The highest BCUT2D eigenvalue weighted by Gasteiger charge is 2.14. The smallest absolute Gasteiger partial charge is 0.0743 e. The first-order valence-electron chi connectivity index (χ1n) is 6.31. The molecule has 0 aliphatic carbocycles. The van der Waals surface area contributed by atoms with Crippen molar-refractivity contribution in [2.45, 2.75) is 18.9 Å². The van der Waals surface area contributed by atoms with Gasteiger partial charge in [-0.2, -0.15) is 11.8 Å². The number of nitrogens with two attached hydrogens (primary N) is 1. The Morgan fingerprint density at radius 2 is 2.28 bits per heavy atom. The van der Waals surface area contributed by atoms with E-state index in [-0.39, 0.29) is 0 Å². The molecule has 2 aromatic rings. The van der Waals surface area contributed by atoms with Crippen molar-refractivity contribution in [2.75, 3.05) is 22.6 Å². The molecule has 18 heavy (non-hydrogen) atoms. The van der Waals surface area contributed by atoms with E-state index < -0.39 is 0 Å². The van der Waals surface area contributed by atoms with Crippen LogP contribution in [-0.2, 0) is 0 Å². The lowest BCUT2D eigenvalue weighted by Crippen LogP contribution is -2.25. The van der Waals surface area contributed by atoms with Crippen LogP contribution in [0.25, 0.3) is 10.9 Å². The minimum absolute atomic E-state index is 0.576. The first-order valence-corrected chi connectivity index (χ1v) is 7.47. The summed E-state index contributed by atoms with van der Waals surface area (Å²) in [5, 5.41) is 4.80. The maximum absolute atomic E-state index is 5.79. The minimum Gasteiger partial charge on any atom is -0.399 e. The lowest BCUT2D eigenvalue weighted by atomic mass is 10.1. The average molecular weight is 259 g/mol. The summed E-state index contributed by atoms with van der Waals surface area (Å²) in [5.74, 6) is 2.49. The van der Waals surface area contributed by atoms with Crippen molar-refractivity contribution in [3.8, 4) is 0 Å². The SMILES string of the molecule is Nc1ccc2c(NC3CCCSC3)ccnc2c1. The van der Waals surface area contributed by atoms with Crippen LogP contribution in [0.3, 0.4) is 0 Å². The van der Waals surface area contributed by atoms with Gasteiger partial charge in [0.2, 0.25) is 0 Å². The quantitative estimate of drug-likeness (QED) is 0.814. The van der Waals surface area contributed by atoms with Gasteiger partial charge in [-0.3, -0.25) is 4.98 Å². The van der Waals surface area contributed by atoms with Crippen molar-refractivity contribution < 1.29 is 0 Å². The average Bonchev–Trinajstić information content (AvgIpc) is 2.40. The van der Waals surface area contributed by atoms with E-state index in [9.17, 15) is 0 Å². The molecule has 0 amide bonds. The van der Waals surface area contributed by atoms with Crippen molar-refractivity contribution in [2.24, 2.45) is 0 Å². The van der Waals surface area contributed by atoms with Gasteiger partial charge in [0.25, 0.3) is 0 Å². The van der Waals surface area contributed by atoms with Gasteiger partial charge >= 0.3 is 0 Å². The van der Waals surface area contributed by atoms with E-state index in [1.165, 1.54) is 30.0 Å². The molecular formula is C14H17N3S. The molecule has 1 aromatic heterocycles. The second-order valence-electron chi connectivity index (χ2n) is 4.69. The molecule has 0 saturated carbocycles. The largest absolute Gasteiger partial charge is 0.399 e. The van der Waals surface area contributed by atoms with Crippen molar-refractivity contribution in [3.05, 3.63) is 30.5 Å². The summed E-state index contributed by atoms with van der Waals surface area (Å²) in [4.78, 5) is 4.37. The van der Waals surface area contributed by atoms with Crippen LogP contribution in [-0.4, -0.2) is 22.5 Å². The monoisotopic (exact) mass is 259 g/mol. The maximum atomic E-state index is 5.79. The number of thioether (sulfide) groups is 1. The molecule has 3 N–H and O–H groups in total. The fourth-order valence-electron chi connectivity index (χ4n) is 2.37. The number of nitrogen functional groups attached to an aromatic ring is 1. The molecule has 1 aliphatic heterocycles. The van der Waals surface area contributed by atoms with E-state index in [2.05, 4.69) is 22.4 Å². The topological polar surface area (TPSA) is 50.9 Å². The van der Waals surface area contributed by atoms with Crippen molar-refractivity contribution in [1.82, 2.24) is 4.98 Å². The Balaban J connectivity index is 1.91. The summed E-state index contributed by atoms with van der Waals surface area (Å²) < 4.78 is 0. The van der Waals surface area contributed by atoms with E-state index in [4.69, 9.17) is 5.73 Å². The first-order chi connectivity index (χ1) is 8.83. The van der Waals surface area contributed by atoms with Crippen LogP contribution in [0.15, 0.2) is 30.5 Å². The zero-order valence-corrected chi connectivity index (χ0v) is 11.0. The molecule has 1 unspecified atom stereocenters. The number of pyridine rings is 1. The summed E-state index contributed by atoms with van der Waals surface area (Å²) in [5.41, 5.74) is 8.69. The number of nitrogens with one attached hydrogen (secondary N) is 1. The standard InChI is InChI=1S/C14H17N3S/c15-10-3-4-12-13(5-6-16-14(12)8-10)17-11-2-1-7-18-9-11/h3-6,8,11H,1-2,7,9,15H2,(H,16,17). The Kier molecular flexibility index (Phi) is 3.28. The number of aromatic nitrogens is 1. The van der Waals surface area contributed by atoms with E-state index >= 15 is 0 Å². The number of hydrogen-bond acceptors (Lipinski definition) is 4. The molecule has 4 heteroatoms. The summed E-state index contributed by atoms with van der Waals surface area (Å²) in [7, 11) is 0. The third-order valence-corrected chi connectivity index (χ3v) is 4.50.